The van der Waals surface area contributed by atoms with Crippen molar-refractivity contribution in [2.45, 2.75) is 12.8 Å². The van der Waals surface area contributed by atoms with Gasteiger partial charge in [0.15, 0.2) is 17.5 Å². The monoisotopic (exact) mass is 512 g/mol. The van der Waals surface area contributed by atoms with Gasteiger partial charge in [-0.3, -0.25) is 4.99 Å². The minimum absolute atomic E-state index is 0. The molecule has 27 heavy (non-hydrogen) atoms. The topological polar surface area (TPSA) is 92.3 Å². The highest BCUT2D eigenvalue weighted by Crippen LogP contribution is 2.27. The first-order valence-corrected chi connectivity index (χ1v) is 10.2. The minimum Gasteiger partial charge on any atom is -0.493 e. The van der Waals surface area contributed by atoms with Crippen molar-refractivity contribution in [2.24, 2.45) is 4.99 Å². The zero-order valence-corrected chi connectivity index (χ0v) is 19.2. The van der Waals surface area contributed by atoms with Crippen molar-refractivity contribution in [2.75, 3.05) is 53.2 Å². The summed E-state index contributed by atoms with van der Waals surface area (Å²) in [5.74, 6) is 2.32. The first-order valence-electron chi connectivity index (χ1n) is 8.63. The molecule has 0 spiro atoms. The number of hydrogen-bond donors (Lipinski definition) is 2. The maximum absolute atomic E-state index is 11.8. The van der Waals surface area contributed by atoms with Crippen LogP contribution in [0.25, 0.3) is 0 Å². The normalized spacial score (nSPS) is 16.5. The van der Waals surface area contributed by atoms with Crippen LogP contribution >= 0.6 is 24.0 Å². The fourth-order valence-corrected chi connectivity index (χ4v) is 4.35. The number of hydrogen-bond acceptors (Lipinski definition) is 5. The molecular weight excluding hydrogens is 483 g/mol. The lowest BCUT2D eigenvalue weighted by molar-refractivity contribution is 0.354. The zero-order valence-electron chi connectivity index (χ0n) is 16.0. The summed E-state index contributed by atoms with van der Waals surface area (Å²) < 4.78 is 35.6. The van der Waals surface area contributed by atoms with E-state index in [1.807, 2.05) is 18.2 Å². The highest BCUT2D eigenvalue weighted by Gasteiger charge is 2.27. The molecule has 0 unspecified atom stereocenters. The van der Waals surface area contributed by atoms with Crippen LogP contribution in [0.4, 0.5) is 0 Å². The molecule has 1 aromatic carbocycles. The Morgan fingerprint density at radius 1 is 1.19 bits per heavy atom. The van der Waals surface area contributed by atoms with Crippen molar-refractivity contribution in [3.63, 3.8) is 0 Å². The van der Waals surface area contributed by atoms with E-state index >= 15 is 0 Å². The van der Waals surface area contributed by atoms with Gasteiger partial charge in [0.25, 0.3) is 0 Å². The smallest absolute Gasteiger partial charge is 0.214 e. The Labute approximate surface area is 178 Å². The molecule has 2 N–H and O–H groups in total. The number of aliphatic imine (C=N–C) groups is 1. The fourth-order valence-electron chi connectivity index (χ4n) is 2.82. The number of ether oxygens (including phenoxy) is 2. The third-order valence-electron chi connectivity index (χ3n) is 4.23. The molecule has 1 saturated heterocycles. The number of benzene rings is 1. The van der Waals surface area contributed by atoms with E-state index in [0.29, 0.717) is 50.1 Å². The second-order valence-corrected chi connectivity index (χ2v) is 8.02. The Morgan fingerprint density at radius 2 is 1.89 bits per heavy atom. The van der Waals surface area contributed by atoms with Gasteiger partial charge in [-0.1, -0.05) is 6.07 Å². The second kappa shape index (κ2) is 11.5. The lowest BCUT2D eigenvalue weighted by Crippen LogP contribution is -2.42. The van der Waals surface area contributed by atoms with Gasteiger partial charge in [0.1, 0.15) is 0 Å². The highest BCUT2D eigenvalue weighted by molar-refractivity contribution is 14.0. The molecule has 0 amide bonds. The molecule has 154 valence electrons. The average Bonchev–Trinajstić information content (AvgIpc) is 2.98. The van der Waals surface area contributed by atoms with Crippen LogP contribution in [0.3, 0.4) is 0 Å². The molecule has 0 bridgehead atoms. The van der Waals surface area contributed by atoms with Crippen LogP contribution in [0.1, 0.15) is 12.0 Å². The predicted octanol–water partition coefficient (Wildman–Crippen LogP) is 1.06. The Hall–Kier alpha value is -1.27. The van der Waals surface area contributed by atoms with Crippen molar-refractivity contribution >= 4 is 40.0 Å². The third-order valence-corrected chi connectivity index (χ3v) is 6.19. The van der Waals surface area contributed by atoms with E-state index in [-0.39, 0.29) is 29.7 Å². The van der Waals surface area contributed by atoms with E-state index in [2.05, 4.69) is 15.6 Å². The van der Waals surface area contributed by atoms with E-state index in [4.69, 9.17) is 9.47 Å². The molecule has 0 aliphatic carbocycles. The quantitative estimate of drug-likeness (QED) is 0.308. The first-order chi connectivity index (χ1) is 12.5. The van der Waals surface area contributed by atoms with Crippen molar-refractivity contribution < 1.29 is 17.9 Å². The van der Waals surface area contributed by atoms with Crippen LogP contribution in [-0.2, 0) is 16.4 Å². The summed E-state index contributed by atoms with van der Waals surface area (Å²) in [7, 11) is 1.88. The largest absolute Gasteiger partial charge is 0.493 e. The summed E-state index contributed by atoms with van der Waals surface area (Å²) in [6, 6.07) is 5.84. The number of guanidine groups is 1. The van der Waals surface area contributed by atoms with Crippen molar-refractivity contribution in [3.05, 3.63) is 23.8 Å². The maximum atomic E-state index is 11.8. The molecule has 1 fully saturated rings. The zero-order chi connectivity index (χ0) is 19.0. The molecular formula is C17H29IN4O4S. The van der Waals surface area contributed by atoms with Crippen molar-refractivity contribution in [3.8, 4) is 11.5 Å². The van der Waals surface area contributed by atoms with Gasteiger partial charge in [-0.15, -0.1) is 24.0 Å². The van der Waals surface area contributed by atoms with Crippen LogP contribution in [0.5, 0.6) is 11.5 Å². The second-order valence-electron chi connectivity index (χ2n) is 5.93. The lowest BCUT2D eigenvalue weighted by atomic mass is 10.1. The number of rotatable bonds is 8. The van der Waals surface area contributed by atoms with E-state index in [1.165, 1.54) is 4.31 Å². The number of sulfonamides is 1. The molecule has 1 aromatic rings. The fraction of sp³-hybridized carbons (Fsp3) is 0.588. The third kappa shape index (κ3) is 7.00. The predicted molar refractivity (Wildman–Crippen MR) is 118 cm³/mol. The van der Waals surface area contributed by atoms with Crippen LogP contribution in [-0.4, -0.2) is 71.9 Å². The summed E-state index contributed by atoms with van der Waals surface area (Å²) in [6.07, 6.45) is 1.50. The van der Waals surface area contributed by atoms with Crippen LogP contribution in [0.15, 0.2) is 23.2 Å². The average molecular weight is 512 g/mol. The highest BCUT2D eigenvalue weighted by atomic mass is 127. The van der Waals surface area contributed by atoms with Gasteiger partial charge in [-0.25, -0.2) is 12.7 Å². The summed E-state index contributed by atoms with van der Waals surface area (Å²) in [5.41, 5.74) is 1.12. The SMILES string of the molecule is CN=C(NCCc1ccc(OC)c(OC)c1)NCCN1CCCS1(=O)=O.I. The minimum atomic E-state index is -3.05. The van der Waals surface area contributed by atoms with Gasteiger partial charge in [-0.2, -0.15) is 0 Å². The van der Waals surface area contributed by atoms with Crippen molar-refractivity contribution in [1.29, 1.82) is 0 Å². The van der Waals surface area contributed by atoms with Gasteiger partial charge in [0, 0.05) is 33.2 Å². The molecule has 8 nitrogen and oxygen atoms in total. The molecule has 10 heteroatoms. The van der Waals surface area contributed by atoms with Gasteiger partial charge < -0.3 is 20.1 Å². The Kier molecular flexibility index (Phi) is 10.2. The number of nitrogens with zero attached hydrogens (tertiary/aromatic N) is 2. The van der Waals surface area contributed by atoms with Gasteiger partial charge >= 0.3 is 0 Å². The molecule has 0 saturated carbocycles. The molecule has 0 aromatic heterocycles. The van der Waals surface area contributed by atoms with Gasteiger partial charge in [-0.05, 0) is 30.5 Å². The van der Waals surface area contributed by atoms with E-state index in [9.17, 15) is 8.42 Å². The lowest BCUT2D eigenvalue weighted by Gasteiger charge is -2.16. The molecule has 0 atom stereocenters. The Morgan fingerprint density at radius 3 is 2.48 bits per heavy atom. The Bertz CT molecular complexity index is 728. The van der Waals surface area contributed by atoms with Crippen LogP contribution in [0, 0.1) is 0 Å². The molecule has 1 heterocycles. The maximum Gasteiger partial charge on any atom is 0.214 e. The molecule has 1 aliphatic rings. The first kappa shape index (κ1) is 23.8. The summed E-state index contributed by atoms with van der Waals surface area (Å²) in [5, 5.41) is 6.38. The van der Waals surface area contributed by atoms with Gasteiger partial charge in [0.2, 0.25) is 10.0 Å². The van der Waals surface area contributed by atoms with Crippen LogP contribution in [0.2, 0.25) is 0 Å². The summed E-state index contributed by atoms with van der Waals surface area (Å²) >= 11 is 0. The molecule has 0 radical (unpaired) electrons. The molecule has 1 aliphatic heterocycles. The van der Waals surface area contributed by atoms with E-state index in [1.54, 1.807) is 21.3 Å². The number of nitrogens with one attached hydrogen (secondary N) is 2. The van der Waals surface area contributed by atoms with Gasteiger partial charge in [0.05, 0.1) is 20.0 Å². The Balaban J connectivity index is 0.00000364. The number of halogens is 1. The standard InChI is InChI=1S/C17H28N4O4S.HI/c1-18-17(20-9-11-21-10-4-12-26(21,22)23)19-8-7-14-5-6-15(24-2)16(13-14)25-3;/h5-6,13H,4,7-12H2,1-3H3,(H2,18,19,20);1H. The molecule has 2 rings (SSSR count). The van der Waals surface area contributed by atoms with Crippen LogP contribution < -0.4 is 20.1 Å². The summed E-state index contributed by atoms with van der Waals surface area (Å²) in [6.45, 7) is 2.28. The van der Waals surface area contributed by atoms with E-state index in [0.717, 1.165) is 12.0 Å². The van der Waals surface area contributed by atoms with E-state index < -0.39 is 10.0 Å². The summed E-state index contributed by atoms with van der Waals surface area (Å²) in [4.78, 5) is 4.16. The van der Waals surface area contributed by atoms with Crippen molar-refractivity contribution in [1.82, 2.24) is 14.9 Å². The number of methoxy groups -OCH3 is 2.